The molecule has 0 fully saturated rings. The summed E-state index contributed by atoms with van der Waals surface area (Å²) in [5.41, 5.74) is -0.310. The third-order valence-electron chi connectivity index (χ3n) is 1.89. The first-order valence-electron chi connectivity index (χ1n) is 5.34. The summed E-state index contributed by atoms with van der Waals surface area (Å²) in [7, 11) is 0. The van der Waals surface area contributed by atoms with Crippen molar-refractivity contribution < 1.29 is 9.59 Å². The summed E-state index contributed by atoms with van der Waals surface area (Å²) in [6.45, 7) is 9.44. The lowest BCUT2D eigenvalue weighted by atomic mass is 10.0. The number of hydrogen-bond donors (Lipinski definition) is 2. The molecule has 16 heavy (non-hydrogen) atoms. The van der Waals surface area contributed by atoms with Crippen LogP contribution >= 0.6 is 11.6 Å². The van der Waals surface area contributed by atoms with Crippen LogP contribution in [0.25, 0.3) is 0 Å². The standard InChI is InChI=1S/C11H21ClN2O2/c1-7(2)9(13-8(15)6-12)10(16)14-11(3,4)5/h7,9H,6H2,1-5H3,(H,13,15)(H,14,16)/t9-/m0/s1. The van der Waals surface area contributed by atoms with Gasteiger partial charge in [0.05, 0.1) is 0 Å². The first kappa shape index (κ1) is 15.2. The zero-order valence-corrected chi connectivity index (χ0v) is 11.3. The van der Waals surface area contributed by atoms with Gasteiger partial charge < -0.3 is 10.6 Å². The van der Waals surface area contributed by atoms with Crippen LogP contribution < -0.4 is 10.6 Å². The van der Waals surface area contributed by atoms with Crippen LogP contribution in [-0.4, -0.2) is 29.3 Å². The van der Waals surface area contributed by atoms with Crippen molar-refractivity contribution in [1.82, 2.24) is 10.6 Å². The molecule has 0 aliphatic rings. The van der Waals surface area contributed by atoms with Gasteiger partial charge in [0.15, 0.2) is 0 Å². The average molecular weight is 249 g/mol. The molecule has 0 aromatic rings. The Balaban J connectivity index is 4.54. The Morgan fingerprint density at radius 1 is 1.25 bits per heavy atom. The minimum atomic E-state index is -0.537. The second kappa shape index (κ2) is 6.09. The van der Waals surface area contributed by atoms with Gasteiger partial charge in [-0.3, -0.25) is 9.59 Å². The zero-order chi connectivity index (χ0) is 12.9. The van der Waals surface area contributed by atoms with Crippen LogP contribution in [-0.2, 0) is 9.59 Å². The predicted octanol–water partition coefficient (Wildman–Crippen LogP) is 1.28. The molecule has 94 valence electrons. The number of alkyl halides is 1. The summed E-state index contributed by atoms with van der Waals surface area (Å²) in [5.74, 6) is -0.619. The van der Waals surface area contributed by atoms with Crippen LogP contribution in [0.1, 0.15) is 34.6 Å². The smallest absolute Gasteiger partial charge is 0.243 e. The van der Waals surface area contributed by atoms with E-state index in [-0.39, 0.29) is 29.2 Å². The van der Waals surface area contributed by atoms with Gasteiger partial charge in [0.1, 0.15) is 11.9 Å². The summed E-state index contributed by atoms with van der Waals surface area (Å²) >= 11 is 5.39. The van der Waals surface area contributed by atoms with Gasteiger partial charge in [-0.2, -0.15) is 0 Å². The number of amides is 2. The Morgan fingerprint density at radius 2 is 1.75 bits per heavy atom. The van der Waals surface area contributed by atoms with E-state index in [2.05, 4.69) is 10.6 Å². The van der Waals surface area contributed by atoms with E-state index in [1.165, 1.54) is 0 Å². The minimum Gasteiger partial charge on any atom is -0.350 e. The Hall–Kier alpha value is -0.770. The number of nitrogens with one attached hydrogen (secondary N) is 2. The summed E-state index contributed by atoms with van der Waals surface area (Å²) in [4.78, 5) is 23.1. The number of carbonyl (C=O) groups is 2. The second-order valence-electron chi connectivity index (χ2n) is 5.16. The van der Waals surface area contributed by atoms with Crippen LogP contribution in [0.2, 0.25) is 0 Å². The molecular weight excluding hydrogens is 228 g/mol. The summed E-state index contributed by atoms with van der Waals surface area (Å²) < 4.78 is 0. The lowest BCUT2D eigenvalue weighted by Crippen LogP contribution is -2.54. The van der Waals surface area contributed by atoms with Crippen molar-refractivity contribution in [1.29, 1.82) is 0 Å². The molecule has 0 aromatic heterocycles. The minimum absolute atomic E-state index is 0.0227. The van der Waals surface area contributed by atoms with E-state index in [0.29, 0.717) is 0 Å². The van der Waals surface area contributed by atoms with Gasteiger partial charge >= 0.3 is 0 Å². The predicted molar refractivity (Wildman–Crippen MR) is 65.4 cm³/mol. The molecule has 1 atom stereocenters. The molecule has 2 amide bonds. The molecule has 0 rings (SSSR count). The molecule has 0 aliphatic heterocycles. The van der Waals surface area contributed by atoms with Crippen LogP contribution in [0.15, 0.2) is 0 Å². The highest BCUT2D eigenvalue weighted by Gasteiger charge is 2.26. The molecule has 0 unspecified atom stereocenters. The zero-order valence-electron chi connectivity index (χ0n) is 10.6. The first-order chi connectivity index (χ1) is 7.17. The van der Waals surface area contributed by atoms with Crippen LogP contribution in [0.5, 0.6) is 0 Å². The van der Waals surface area contributed by atoms with Crippen molar-refractivity contribution in [2.45, 2.75) is 46.2 Å². The van der Waals surface area contributed by atoms with Gasteiger partial charge in [-0.25, -0.2) is 0 Å². The van der Waals surface area contributed by atoms with Crippen molar-refractivity contribution in [2.75, 3.05) is 5.88 Å². The Morgan fingerprint density at radius 3 is 2.06 bits per heavy atom. The average Bonchev–Trinajstić information content (AvgIpc) is 2.09. The quantitative estimate of drug-likeness (QED) is 0.737. The normalized spacial score (nSPS) is 13.4. The molecule has 4 nitrogen and oxygen atoms in total. The van der Waals surface area contributed by atoms with E-state index < -0.39 is 6.04 Å². The fourth-order valence-electron chi connectivity index (χ4n) is 1.19. The maximum absolute atomic E-state index is 11.9. The van der Waals surface area contributed by atoms with Gasteiger partial charge in [0.2, 0.25) is 11.8 Å². The molecule has 0 aliphatic carbocycles. The SMILES string of the molecule is CC(C)[C@H](NC(=O)CCl)C(=O)NC(C)(C)C. The van der Waals surface area contributed by atoms with E-state index in [1.807, 2.05) is 34.6 Å². The topological polar surface area (TPSA) is 58.2 Å². The third-order valence-corrected chi connectivity index (χ3v) is 2.13. The molecule has 0 spiro atoms. The Labute approximate surface area is 102 Å². The molecule has 5 heteroatoms. The largest absolute Gasteiger partial charge is 0.350 e. The molecule has 0 saturated heterocycles. The molecule has 0 saturated carbocycles. The van der Waals surface area contributed by atoms with Crippen LogP contribution in [0.4, 0.5) is 0 Å². The fourth-order valence-corrected chi connectivity index (χ4v) is 1.27. The van der Waals surface area contributed by atoms with Crippen LogP contribution in [0, 0.1) is 5.92 Å². The Bertz CT molecular complexity index is 259. The maximum atomic E-state index is 11.9. The van der Waals surface area contributed by atoms with Crippen molar-refractivity contribution in [2.24, 2.45) is 5.92 Å². The van der Waals surface area contributed by atoms with Crippen molar-refractivity contribution in [3.05, 3.63) is 0 Å². The van der Waals surface area contributed by atoms with Crippen LogP contribution in [0.3, 0.4) is 0 Å². The molecule has 0 bridgehead atoms. The third kappa shape index (κ3) is 5.95. The van der Waals surface area contributed by atoms with E-state index in [4.69, 9.17) is 11.6 Å². The molecule has 0 heterocycles. The Kier molecular flexibility index (Phi) is 5.79. The molecule has 0 radical (unpaired) electrons. The van der Waals surface area contributed by atoms with E-state index in [0.717, 1.165) is 0 Å². The summed E-state index contributed by atoms with van der Waals surface area (Å²) in [5, 5.41) is 5.44. The summed E-state index contributed by atoms with van der Waals surface area (Å²) in [6.07, 6.45) is 0. The highest BCUT2D eigenvalue weighted by Crippen LogP contribution is 2.06. The molecule has 0 aromatic carbocycles. The van der Waals surface area contributed by atoms with Gasteiger partial charge in [-0.15, -0.1) is 11.6 Å². The lowest BCUT2D eigenvalue weighted by molar-refractivity contribution is -0.130. The van der Waals surface area contributed by atoms with Gasteiger partial charge in [0, 0.05) is 5.54 Å². The fraction of sp³-hybridized carbons (Fsp3) is 0.818. The highest BCUT2D eigenvalue weighted by atomic mass is 35.5. The van der Waals surface area contributed by atoms with Gasteiger partial charge in [-0.1, -0.05) is 13.8 Å². The second-order valence-corrected chi connectivity index (χ2v) is 5.43. The maximum Gasteiger partial charge on any atom is 0.243 e. The van der Waals surface area contributed by atoms with Gasteiger partial charge in [0.25, 0.3) is 0 Å². The number of halogens is 1. The van der Waals surface area contributed by atoms with Crippen molar-refractivity contribution in [3.63, 3.8) is 0 Å². The first-order valence-corrected chi connectivity index (χ1v) is 5.88. The number of rotatable bonds is 4. The van der Waals surface area contributed by atoms with E-state index >= 15 is 0 Å². The molecular formula is C11H21ClN2O2. The van der Waals surface area contributed by atoms with Gasteiger partial charge in [-0.05, 0) is 26.7 Å². The van der Waals surface area contributed by atoms with Crippen molar-refractivity contribution >= 4 is 23.4 Å². The summed E-state index contributed by atoms with van der Waals surface area (Å²) in [6, 6.07) is -0.537. The van der Waals surface area contributed by atoms with E-state index in [9.17, 15) is 9.59 Å². The number of carbonyl (C=O) groups excluding carboxylic acids is 2. The lowest BCUT2D eigenvalue weighted by Gasteiger charge is -2.27. The number of hydrogen-bond acceptors (Lipinski definition) is 2. The van der Waals surface area contributed by atoms with E-state index in [1.54, 1.807) is 0 Å². The van der Waals surface area contributed by atoms with Crippen molar-refractivity contribution in [3.8, 4) is 0 Å². The molecule has 2 N–H and O–H groups in total. The monoisotopic (exact) mass is 248 g/mol. The highest BCUT2D eigenvalue weighted by molar-refractivity contribution is 6.27.